The van der Waals surface area contributed by atoms with Gasteiger partial charge in [-0.15, -0.1) is 0 Å². The molecule has 1 aliphatic carbocycles. The summed E-state index contributed by atoms with van der Waals surface area (Å²) in [4.78, 5) is 0. The molecule has 5 heteroatoms. The van der Waals surface area contributed by atoms with E-state index in [2.05, 4.69) is 12.2 Å². The Morgan fingerprint density at radius 3 is 2.58 bits per heavy atom. The van der Waals surface area contributed by atoms with Crippen molar-refractivity contribution in [1.29, 1.82) is 0 Å². The third kappa shape index (κ3) is 3.62. The monoisotopic (exact) mass is 273 g/mol. The molecule has 1 aliphatic rings. The molecule has 0 atom stereocenters. The summed E-state index contributed by atoms with van der Waals surface area (Å²) in [5, 5.41) is 3.33. The molecule has 1 N–H and O–H groups in total. The highest BCUT2D eigenvalue weighted by atomic mass is 19.4. The molecule has 0 aromatic heterocycles. The van der Waals surface area contributed by atoms with Crippen molar-refractivity contribution in [3.05, 3.63) is 29.8 Å². The van der Waals surface area contributed by atoms with Gasteiger partial charge in [0.05, 0.1) is 5.56 Å². The van der Waals surface area contributed by atoms with E-state index in [0.717, 1.165) is 31.9 Å². The largest absolute Gasteiger partial charge is 0.490 e. The molecule has 0 aliphatic heterocycles. The molecule has 1 aromatic rings. The molecule has 0 amide bonds. The third-order valence-electron chi connectivity index (χ3n) is 3.26. The fourth-order valence-corrected chi connectivity index (χ4v) is 2.16. The zero-order valence-electron chi connectivity index (χ0n) is 10.8. The summed E-state index contributed by atoms with van der Waals surface area (Å²) in [7, 11) is 0. The highest BCUT2D eigenvalue weighted by molar-refractivity contribution is 5.35. The molecule has 1 fully saturated rings. The maximum absolute atomic E-state index is 12.8. The van der Waals surface area contributed by atoms with Gasteiger partial charge in [0, 0.05) is 6.04 Å². The third-order valence-corrected chi connectivity index (χ3v) is 3.26. The zero-order chi connectivity index (χ0) is 13.9. The molecule has 0 bridgehead atoms. The molecule has 0 heterocycles. The Balaban J connectivity index is 1.91. The lowest BCUT2D eigenvalue weighted by Crippen LogP contribution is -2.47. The summed E-state index contributed by atoms with van der Waals surface area (Å²) in [5.74, 6) is -0.0612. The van der Waals surface area contributed by atoms with Crippen LogP contribution in [0, 0.1) is 0 Å². The molecule has 19 heavy (non-hydrogen) atoms. The standard InChI is InChI=1S/C14H18F3NO/c1-2-7-18-10-8-11(9-10)19-13-6-4-3-5-12(13)14(15,16)17/h3-6,10-11,18H,2,7-9H2,1H3. The van der Waals surface area contributed by atoms with Crippen molar-refractivity contribution in [2.45, 2.75) is 44.5 Å². The van der Waals surface area contributed by atoms with E-state index in [1.807, 2.05) is 0 Å². The molecular weight excluding hydrogens is 255 g/mol. The van der Waals surface area contributed by atoms with Crippen LogP contribution in [0.1, 0.15) is 31.7 Å². The van der Waals surface area contributed by atoms with Crippen LogP contribution in [0.25, 0.3) is 0 Å². The normalized spacial score (nSPS) is 22.9. The second-order valence-corrected chi connectivity index (χ2v) is 4.86. The Morgan fingerprint density at radius 2 is 1.95 bits per heavy atom. The van der Waals surface area contributed by atoms with Gasteiger partial charge in [0.15, 0.2) is 0 Å². The van der Waals surface area contributed by atoms with Crippen molar-refractivity contribution in [2.24, 2.45) is 0 Å². The average Bonchev–Trinajstić information content (AvgIpc) is 2.31. The van der Waals surface area contributed by atoms with Crippen LogP contribution < -0.4 is 10.1 Å². The van der Waals surface area contributed by atoms with Gasteiger partial charge >= 0.3 is 6.18 Å². The summed E-state index contributed by atoms with van der Waals surface area (Å²) in [6, 6.07) is 5.76. The summed E-state index contributed by atoms with van der Waals surface area (Å²) < 4.78 is 43.8. The minimum atomic E-state index is -4.36. The van der Waals surface area contributed by atoms with Gasteiger partial charge in [-0.25, -0.2) is 0 Å². The molecule has 1 saturated carbocycles. The lowest BCUT2D eigenvalue weighted by atomic mass is 9.89. The minimum absolute atomic E-state index is 0.0612. The van der Waals surface area contributed by atoms with Crippen molar-refractivity contribution in [3.63, 3.8) is 0 Å². The molecule has 0 unspecified atom stereocenters. The number of rotatable bonds is 5. The minimum Gasteiger partial charge on any atom is -0.490 e. The van der Waals surface area contributed by atoms with E-state index >= 15 is 0 Å². The number of alkyl halides is 3. The van der Waals surface area contributed by atoms with Crippen molar-refractivity contribution < 1.29 is 17.9 Å². The second-order valence-electron chi connectivity index (χ2n) is 4.86. The number of hydrogen-bond acceptors (Lipinski definition) is 2. The summed E-state index contributed by atoms with van der Waals surface area (Å²) in [6.45, 7) is 3.02. The van der Waals surface area contributed by atoms with E-state index in [1.54, 1.807) is 6.07 Å². The predicted octanol–water partition coefficient (Wildman–Crippen LogP) is 3.61. The van der Waals surface area contributed by atoms with E-state index in [9.17, 15) is 13.2 Å². The summed E-state index contributed by atoms with van der Waals surface area (Å²) in [5.41, 5.74) is -0.694. The first-order valence-corrected chi connectivity index (χ1v) is 6.57. The van der Waals surface area contributed by atoms with Crippen LogP contribution >= 0.6 is 0 Å². The van der Waals surface area contributed by atoms with Gasteiger partial charge in [0.1, 0.15) is 11.9 Å². The smallest absolute Gasteiger partial charge is 0.419 e. The van der Waals surface area contributed by atoms with Crippen LogP contribution in [0.5, 0.6) is 5.75 Å². The first-order valence-electron chi connectivity index (χ1n) is 6.57. The Hall–Kier alpha value is -1.23. The molecule has 0 spiro atoms. The first kappa shape index (κ1) is 14.2. The quantitative estimate of drug-likeness (QED) is 0.884. The van der Waals surface area contributed by atoms with Gasteiger partial charge in [-0.05, 0) is 37.9 Å². The van der Waals surface area contributed by atoms with Crippen molar-refractivity contribution in [3.8, 4) is 5.75 Å². The Morgan fingerprint density at radius 1 is 1.26 bits per heavy atom. The van der Waals surface area contributed by atoms with Crippen LogP contribution in [-0.4, -0.2) is 18.7 Å². The van der Waals surface area contributed by atoms with Crippen LogP contribution in [0.2, 0.25) is 0 Å². The van der Waals surface area contributed by atoms with E-state index in [1.165, 1.54) is 12.1 Å². The number of benzene rings is 1. The van der Waals surface area contributed by atoms with Crippen molar-refractivity contribution in [1.82, 2.24) is 5.32 Å². The van der Waals surface area contributed by atoms with E-state index in [4.69, 9.17) is 4.74 Å². The molecule has 1 aromatic carbocycles. The molecule has 2 rings (SSSR count). The van der Waals surface area contributed by atoms with Gasteiger partial charge in [0.25, 0.3) is 0 Å². The lowest BCUT2D eigenvalue weighted by molar-refractivity contribution is -0.139. The summed E-state index contributed by atoms with van der Waals surface area (Å²) in [6.07, 6.45) is -1.88. The van der Waals surface area contributed by atoms with Gasteiger partial charge < -0.3 is 10.1 Å². The molecular formula is C14H18F3NO. The van der Waals surface area contributed by atoms with Gasteiger partial charge in [-0.2, -0.15) is 13.2 Å². The summed E-state index contributed by atoms with van der Waals surface area (Å²) >= 11 is 0. The van der Waals surface area contributed by atoms with E-state index in [-0.39, 0.29) is 11.9 Å². The van der Waals surface area contributed by atoms with Gasteiger partial charge in [0.2, 0.25) is 0 Å². The predicted molar refractivity (Wildman–Crippen MR) is 67.2 cm³/mol. The average molecular weight is 273 g/mol. The SMILES string of the molecule is CCCNC1CC(Oc2ccccc2C(F)(F)F)C1. The molecule has 106 valence electrons. The first-order chi connectivity index (χ1) is 9.00. The fourth-order valence-electron chi connectivity index (χ4n) is 2.16. The lowest BCUT2D eigenvalue weighted by Gasteiger charge is -2.36. The van der Waals surface area contributed by atoms with Crippen molar-refractivity contribution >= 4 is 0 Å². The molecule has 2 nitrogen and oxygen atoms in total. The number of hydrogen-bond donors (Lipinski definition) is 1. The highest BCUT2D eigenvalue weighted by Gasteiger charge is 2.36. The highest BCUT2D eigenvalue weighted by Crippen LogP contribution is 2.37. The topological polar surface area (TPSA) is 21.3 Å². The molecule has 0 saturated heterocycles. The van der Waals surface area contributed by atoms with Gasteiger partial charge in [-0.3, -0.25) is 0 Å². The Bertz CT molecular complexity index is 413. The second kappa shape index (κ2) is 5.82. The van der Waals surface area contributed by atoms with Crippen LogP contribution in [0.3, 0.4) is 0 Å². The number of para-hydroxylation sites is 1. The Labute approximate surface area is 111 Å². The van der Waals surface area contributed by atoms with E-state index in [0.29, 0.717) is 6.04 Å². The molecule has 0 radical (unpaired) electrons. The Kier molecular flexibility index (Phi) is 4.34. The van der Waals surface area contributed by atoms with Gasteiger partial charge in [-0.1, -0.05) is 19.1 Å². The fraction of sp³-hybridized carbons (Fsp3) is 0.571. The number of ether oxygens (including phenoxy) is 1. The maximum atomic E-state index is 12.8. The van der Waals surface area contributed by atoms with Crippen LogP contribution in [0.15, 0.2) is 24.3 Å². The van der Waals surface area contributed by atoms with Crippen LogP contribution in [-0.2, 0) is 6.18 Å². The number of nitrogens with one attached hydrogen (secondary N) is 1. The zero-order valence-corrected chi connectivity index (χ0v) is 10.8. The van der Waals surface area contributed by atoms with Crippen molar-refractivity contribution in [2.75, 3.05) is 6.54 Å². The van der Waals surface area contributed by atoms with Crippen LogP contribution in [0.4, 0.5) is 13.2 Å². The maximum Gasteiger partial charge on any atom is 0.419 e. The van der Waals surface area contributed by atoms with E-state index < -0.39 is 11.7 Å². The number of halogens is 3.